The maximum absolute atomic E-state index is 2.55. The molecule has 0 radical (unpaired) electrons. The molecule has 0 aliphatic carbocycles. The van der Waals surface area contributed by atoms with Crippen molar-refractivity contribution in [2.75, 3.05) is 0 Å². The van der Waals surface area contributed by atoms with Crippen LogP contribution in [-0.4, -0.2) is 15.8 Å². The molecular weight excluding hydrogens is 744 g/mol. The molecule has 12 rings (SSSR count). The Morgan fingerprint density at radius 2 is 0.883 bits per heavy atom. The molecule has 9 aromatic carbocycles. The van der Waals surface area contributed by atoms with E-state index in [-0.39, 0.29) is 6.71 Å². The Balaban J connectivity index is 1.14. The summed E-state index contributed by atoms with van der Waals surface area (Å²) in [5, 5.41) is 5.18. The lowest BCUT2D eigenvalue weighted by Crippen LogP contribution is -2.56. The van der Waals surface area contributed by atoms with Crippen LogP contribution < -0.4 is 16.4 Å². The van der Waals surface area contributed by atoms with Crippen molar-refractivity contribution in [3.8, 4) is 33.6 Å². The van der Waals surface area contributed by atoms with Crippen LogP contribution in [-0.2, 0) is 0 Å². The van der Waals surface area contributed by atoms with Crippen LogP contribution in [0, 0.1) is 13.8 Å². The van der Waals surface area contributed by atoms with Gasteiger partial charge in [-0.3, -0.25) is 0 Å². The molecule has 0 saturated carbocycles. The van der Waals surface area contributed by atoms with E-state index in [0.29, 0.717) is 0 Å². The highest BCUT2D eigenvalue weighted by atomic mass is 32.2. The van der Waals surface area contributed by atoms with Crippen LogP contribution in [0.25, 0.3) is 77.2 Å². The summed E-state index contributed by atoms with van der Waals surface area (Å²) in [6, 6.07) is 73.8. The fourth-order valence-electron chi connectivity index (χ4n) is 10.3. The molecular formula is C56H39BN2S. The summed E-state index contributed by atoms with van der Waals surface area (Å²) < 4.78 is 5.02. The van der Waals surface area contributed by atoms with Gasteiger partial charge >= 0.3 is 0 Å². The van der Waals surface area contributed by atoms with Crippen LogP contribution in [0.3, 0.4) is 0 Å². The van der Waals surface area contributed by atoms with Gasteiger partial charge in [-0.15, -0.1) is 0 Å². The van der Waals surface area contributed by atoms with Crippen molar-refractivity contribution in [3.63, 3.8) is 0 Å². The Morgan fingerprint density at radius 3 is 1.48 bits per heavy atom. The average molecular weight is 783 g/mol. The van der Waals surface area contributed by atoms with E-state index < -0.39 is 0 Å². The average Bonchev–Trinajstić information content (AvgIpc) is 3.85. The molecule has 1 aliphatic rings. The van der Waals surface area contributed by atoms with E-state index in [4.69, 9.17) is 0 Å². The van der Waals surface area contributed by atoms with Gasteiger partial charge < -0.3 is 9.13 Å². The van der Waals surface area contributed by atoms with Gasteiger partial charge in [-0.25, -0.2) is 0 Å². The first-order chi connectivity index (χ1) is 29.7. The predicted octanol–water partition coefficient (Wildman–Crippen LogP) is 12.8. The summed E-state index contributed by atoms with van der Waals surface area (Å²) in [6.45, 7) is 4.70. The Hall–Kier alpha value is -7.01. The third-order valence-corrected chi connectivity index (χ3v) is 14.0. The maximum atomic E-state index is 2.55. The zero-order chi connectivity index (χ0) is 39.9. The highest BCUT2D eigenvalue weighted by Crippen LogP contribution is 2.45. The van der Waals surface area contributed by atoms with Crippen LogP contribution in [0.2, 0.25) is 0 Å². The molecule has 3 heterocycles. The smallest absolute Gasteiger partial charge is 0.245 e. The van der Waals surface area contributed by atoms with E-state index in [0.717, 1.165) is 0 Å². The Morgan fingerprint density at radius 1 is 0.400 bits per heavy atom. The number of aryl methyl sites for hydroxylation is 2. The molecule has 0 unspecified atom stereocenters. The lowest BCUT2D eigenvalue weighted by Gasteiger charge is -2.30. The van der Waals surface area contributed by atoms with Gasteiger partial charge in [0.15, 0.2) is 0 Å². The van der Waals surface area contributed by atoms with Gasteiger partial charge in [-0.1, -0.05) is 186 Å². The fourth-order valence-corrected chi connectivity index (χ4v) is 11.5. The second-order valence-electron chi connectivity index (χ2n) is 16.0. The molecule has 0 fully saturated rings. The minimum atomic E-state index is 0.0315. The summed E-state index contributed by atoms with van der Waals surface area (Å²) in [4.78, 5) is 2.60. The van der Waals surface area contributed by atoms with Crippen molar-refractivity contribution in [2.24, 2.45) is 0 Å². The van der Waals surface area contributed by atoms with Gasteiger partial charge in [0.1, 0.15) is 0 Å². The SMILES string of the molecule is Cc1c2c3ccccc3n(-c3ccc4c(c3)Sc3ccccc3B4c3c(-c4ccccc4)cccc3-c3ccccc3)c2c(C)c2c3ccccc3n(-c3ccccc3)c12. The zero-order valence-electron chi connectivity index (χ0n) is 33.4. The van der Waals surface area contributed by atoms with Crippen molar-refractivity contribution in [1.29, 1.82) is 0 Å². The van der Waals surface area contributed by atoms with Crippen LogP contribution in [0.5, 0.6) is 0 Å². The molecule has 4 heteroatoms. The number of benzene rings is 9. The minimum Gasteiger partial charge on any atom is -0.309 e. The Bertz CT molecular complexity index is 3420. The topological polar surface area (TPSA) is 9.86 Å². The summed E-state index contributed by atoms with van der Waals surface area (Å²) in [6.07, 6.45) is 0. The summed E-state index contributed by atoms with van der Waals surface area (Å²) >= 11 is 1.90. The highest BCUT2D eigenvalue weighted by molar-refractivity contribution is 8.00. The molecule has 0 saturated heterocycles. The summed E-state index contributed by atoms with van der Waals surface area (Å²) in [5.74, 6) is 0. The normalized spacial score (nSPS) is 12.4. The van der Waals surface area contributed by atoms with Gasteiger partial charge in [0, 0.05) is 42.7 Å². The van der Waals surface area contributed by atoms with Gasteiger partial charge in [0.25, 0.3) is 0 Å². The number of para-hydroxylation sites is 3. The van der Waals surface area contributed by atoms with Gasteiger partial charge in [-0.05, 0) is 89.7 Å². The summed E-state index contributed by atoms with van der Waals surface area (Å²) in [5.41, 5.74) is 19.0. The molecule has 11 aromatic rings. The van der Waals surface area contributed by atoms with Crippen molar-refractivity contribution in [1.82, 2.24) is 9.13 Å². The lowest BCUT2D eigenvalue weighted by molar-refractivity contribution is 1.15. The molecule has 2 aromatic heterocycles. The fraction of sp³-hybridized carbons (Fsp3) is 0.0357. The maximum Gasteiger partial charge on any atom is 0.245 e. The van der Waals surface area contributed by atoms with E-state index in [1.54, 1.807) is 0 Å². The molecule has 2 nitrogen and oxygen atoms in total. The molecule has 0 bridgehead atoms. The van der Waals surface area contributed by atoms with E-state index in [2.05, 4.69) is 223 Å². The van der Waals surface area contributed by atoms with Crippen molar-refractivity contribution in [3.05, 3.63) is 211 Å². The molecule has 0 spiro atoms. The third kappa shape index (κ3) is 5.17. The van der Waals surface area contributed by atoms with Gasteiger partial charge in [0.2, 0.25) is 6.71 Å². The molecule has 0 N–H and O–H groups in total. The third-order valence-electron chi connectivity index (χ3n) is 12.8. The van der Waals surface area contributed by atoms with Crippen molar-refractivity contribution >= 4 is 78.5 Å². The van der Waals surface area contributed by atoms with Crippen molar-refractivity contribution < 1.29 is 0 Å². The van der Waals surface area contributed by atoms with E-state index in [1.807, 2.05) is 11.8 Å². The number of hydrogen-bond acceptors (Lipinski definition) is 1. The van der Waals surface area contributed by atoms with Crippen LogP contribution in [0.15, 0.2) is 210 Å². The number of rotatable bonds is 5. The second kappa shape index (κ2) is 13.8. The largest absolute Gasteiger partial charge is 0.309 e. The minimum absolute atomic E-state index is 0.0315. The van der Waals surface area contributed by atoms with Gasteiger partial charge in [-0.2, -0.15) is 0 Å². The predicted molar refractivity (Wildman–Crippen MR) is 257 cm³/mol. The number of nitrogens with zero attached hydrogens (tertiary/aromatic N) is 2. The quantitative estimate of drug-likeness (QED) is 0.158. The van der Waals surface area contributed by atoms with Crippen LogP contribution >= 0.6 is 11.8 Å². The standard InChI is InChI=1S/C56H39BN2S/c1-36-53-45-26-13-16-31-49(45)59(56(53)37(2)52-44-25-12-15-30-48(44)58(55(36)52)40-23-10-5-11-24-40)41-33-34-47-51(35-41)60-50-32-17-14-29-46(50)57(47)54-42(38-19-6-3-7-20-38)27-18-28-43(54)39-21-8-4-9-22-39/h3-35H,1-2H3. The van der Waals surface area contributed by atoms with E-state index in [1.165, 1.54) is 115 Å². The molecule has 0 amide bonds. The first kappa shape index (κ1) is 35.0. The first-order valence-corrected chi connectivity index (χ1v) is 21.6. The Kier molecular flexibility index (Phi) is 8.04. The van der Waals surface area contributed by atoms with Gasteiger partial charge in [0.05, 0.1) is 22.1 Å². The molecule has 282 valence electrons. The van der Waals surface area contributed by atoms with Crippen molar-refractivity contribution in [2.45, 2.75) is 23.6 Å². The Labute approximate surface area is 354 Å². The van der Waals surface area contributed by atoms with Crippen LogP contribution in [0.1, 0.15) is 11.1 Å². The molecule has 0 atom stereocenters. The monoisotopic (exact) mass is 782 g/mol. The first-order valence-electron chi connectivity index (χ1n) is 20.8. The van der Waals surface area contributed by atoms with E-state index in [9.17, 15) is 0 Å². The summed E-state index contributed by atoms with van der Waals surface area (Å²) in [7, 11) is 0. The number of fused-ring (bicyclic) bond motifs is 8. The lowest BCUT2D eigenvalue weighted by atomic mass is 9.35. The second-order valence-corrected chi connectivity index (χ2v) is 17.1. The van der Waals surface area contributed by atoms with Crippen LogP contribution in [0.4, 0.5) is 0 Å². The number of aromatic nitrogens is 2. The molecule has 1 aliphatic heterocycles. The zero-order valence-corrected chi connectivity index (χ0v) is 34.2. The number of hydrogen-bond donors (Lipinski definition) is 0. The van der Waals surface area contributed by atoms with E-state index >= 15 is 0 Å². The molecule has 60 heavy (non-hydrogen) atoms. The highest BCUT2D eigenvalue weighted by Gasteiger charge is 2.35.